The lowest BCUT2D eigenvalue weighted by atomic mass is 10.1. The van der Waals surface area contributed by atoms with Gasteiger partial charge in [-0.15, -0.1) is 0 Å². The molecule has 0 amide bonds. The highest BCUT2D eigenvalue weighted by Crippen LogP contribution is 2.20. The Labute approximate surface area is 158 Å². The first-order chi connectivity index (χ1) is 12.5. The van der Waals surface area contributed by atoms with Crippen LogP contribution in [0, 0.1) is 0 Å². The van der Waals surface area contributed by atoms with Gasteiger partial charge in [0.2, 0.25) is 0 Å². The molecular formula is C18H25ClN5O2+. The summed E-state index contributed by atoms with van der Waals surface area (Å²) < 4.78 is 5.50. The molecule has 0 saturated carbocycles. The fourth-order valence-corrected chi connectivity index (χ4v) is 2.71. The molecule has 0 aliphatic rings. The molecule has 0 saturated heterocycles. The van der Waals surface area contributed by atoms with Crippen molar-refractivity contribution in [1.29, 1.82) is 0 Å². The van der Waals surface area contributed by atoms with Crippen LogP contribution >= 0.6 is 11.6 Å². The molecule has 26 heavy (non-hydrogen) atoms. The van der Waals surface area contributed by atoms with E-state index < -0.39 is 5.56 Å². The number of hydrogen-bond donors (Lipinski definition) is 3. The summed E-state index contributed by atoms with van der Waals surface area (Å²) in [4.78, 5) is 12.9. The fraction of sp³-hybridized carbons (Fsp3) is 0.389. The number of ether oxygens (including phenoxy) is 1. The number of hydrazone groups is 1. The molecule has 0 radical (unpaired) electrons. The van der Waals surface area contributed by atoms with E-state index in [0.29, 0.717) is 5.69 Å². The second kappa shape index (κ2) is 9.35. The van der Waals surface area contributed by atoms with Crippen LogP contribution in [-0.2, 0) is 6.54 Å². The minimum Gasteiger partial charge on any atom is -0.496 e. The molecule has 140 valence electrons. The number of rotatable bonds is 8. The van der Waals surface area contributed by atoms with Crippen molar-refractivity contribution in [3.8, 4) is 5.75 Å². The first-order valence-corrected chi connectivity index (χ1v) is 8.92. The van der Waals surface area contributed by atoms with Crippen molar-refractivity contribution in [1.82, 2.24) is 10.2 Å². The highest BCUT2D eigenvalue weighted by atomic mass is 35.5. The van der Waals surface area contributed by atoms with Crippen LogP contribution in [0.1, 0.15) is 31.9 Å². The maximum Gasteiger partial charge on any atom is 0.285 e. The van der Waals surface area contributed by atoms with Gasteiger partial charge in [0.05, 0.1) is 32.1 Å². The molecule has 0 aliphatic carbocycles. The SMILES string of the molecule is CC[NH+](CC)Cc1cc(/C(C)=N\Nc2cn[nH]c(=O)c2Cl)ccc1OC. The standard InChI is InChI=1S/C18H24ClN5O2/c1-5-24(6-2)11-14-9-13(7-8-16(14)26-4)12(3)21-22-15-10-20-23-18(25)17(15)19/h7-10H,5-6,11H2,1-4H3,(H2,22,23,25)/p+1/b21-12-. The minimum atomic E-state index is -0.460. The van der Waals surface area contributed by atoms with Gasteiger partial charge in [0, 0.05) is 5.56 Å². The Kier molecular flexibility index (Phi) is 7.17. The maximum absolute atomic E-state index is 11.5. The Morgan fingerprint density at radius 1 is 1.38 bits per heavy atom. The molecule has 1 aromatic carbocycles. The highest BCUT2D eigenvalue weighted by Gasteiger charge is 2.12. The molecule has 0 fully saturated rings. The monoisotopic (exact) mass is 378 g/mol. The van der Waals surface area contributed by atoms with E-state index in [1.807, 2.05) is 19.1 Å². The number of aromatic amines is 1. The van der Waals surface area contributed by atoms with Gasteiger partial charge in [-0.2, -0.15) is 10.2 Å². The van der Waals surface area contributed by atoms with Crippen LogP contribution in [0.4, 0.5) is 5.69 Å². The van der Waals surface area contributed by atoms with Gasteiger partial charge in [-0.3, -0.25) is 10.2 Å². The van der Waals surface area contributed by atoms with Crippen molar-refractivity contribution in [2.24, 2.45) is 5.10 Å². The van der Waals surface area contributed by atoms with Crippen LogP contribution in [0.3, 0.4) is 0 Å². The normalized spacial score (nSPS) is 11.7. The largest absolute Gasteiger partial charge is 0.496 e. The summed E-state index contributed by atoms with van der Waals surface area (Å²) in [5, 5.41) is 10.3. The van der Waals surface area contributed by atoms with Crippen LogP contribution in [0.25, 0.3) is 0 Å². The van der Waals surface area contributed by atoms with Gasteiger partial charge in [0.1, 0.15) is 23.0 Å². The Morgan fingerprint density at radius 2 is 2.12 bits per heavy atom. The van der Waals surface area contributed by atoms with Crippen LogP contribution < -0.4 is 20.6 Å². The van der Waals surface area contributed by atoms with E-state index in [2.05, 4.69) is 40.6 Å². The lowest BCUT2D eigenvalue weighted by Gasteiger charge is -2.18. The number of aromatic nitrogens is 2. The topological polar surface area (TPSA) is 83.8 Å². The summed E-state index contributed by atoms with van der Waals surface area (Å²) in [6.07, 6.45) is 1.42. The Bertz CT molecular complexity index is 831. The molecule has 0 atom stereocenters. The van der Waals surface area contributed by atoms with E-state index in [-0.39, 0.29) is 5.02 Å². The zero-order valence-electron chi connectivity index (χ0n) is 15.5. The lowest BCUT2D eigenvalue weighted by Crippen LogP contribution is -3.10. The van der Waals surface area contributed by atoms with E-state index in [1.165, 1.54) is 11.1 Å². The number of quaternary nitrogens is 1. The Hall–Kier alpha value is -2.38. The molecule has 1 aromatic heterocycles. The number of H-pyrrole nitrogens is 1. The van der Waals surface area contributed by atoms with E-state index in [0.717, 1.165) is 42.2 Å². The van der Waals surface area contributed by atoms with Crippen molar-refractivity contribution in [3.05, 3.63) is 50.9 Å². The third-order valence-electron chi connectivity index (χ3n) is 4.28. The minimum absolute atomic E-state index is 0.0251. The van der Waals surface area contributed by atoms with Crippen molar-refractivity contribution in [2.75, 3.05) is 25.6 Å². The van der Waals surface area contributed by atoms with Crippen LogP contribution in [0.5, 0.6) is 5.75 Å². The van der Waals surface area contributed by atoms with Gasteiger partial charge < -0.3 is 9.64 Å². The number of nitrogens with zero attached hydrogens (tertiary/aromatic N) is 2. The summed E-state index contributed by atoms with van der Waals surface area (Å²) in [7, 11) is 1.68. The Morgan fingerprint density at radius 3 is 2.77 bits per heavy atom. The lowest BCUT2D eigenvalue weighted by molar-refractivity contribution is -0.910. The molecule has 0 unspecified atom stereocenters. The summed E-state index contributed by atoms with van der Waals surface area (Å²) in [6.45, 7) is 9.21. The number of anilines is 1. The molecule has 7 nitrogen and oxygen atoms in total. The van der Waals surface area contributed by atoms with Crippen LogP contribution in [0.2, 0.25) is 5.02 Å². The third kappa shape index (κ3) is 4.83. The van der Waals surface area contributed by atoms with Crippen molar-refractivity contribution in [3.63, 3.8) is 0 Å². The highest BCUT2D eigenvalue weighted by molar-refractivity contribution is 6.32. The van der Waals surface area contributed by atoms with E-state index >= 15 is 0 Å². The van der Waals surface area contributed by atoms with Gasteiger partial charge in [-0.05, 0) is 44.5 Å². The van der Waals surface area contributed by atoms with Crippen molar-refractivity contribution in [2.45, 2.75) is 27.3 Å². The second-order valence-corrected chi connectivity index (χ2v) is 6.27. The summed E-state index contributed by atoms with van der Waals surface area (Å²) >= 11 is 5.94. The number of nitrogens with one attached hydrogen (secondary N) is 3. The van der Waals surface area contributed by atoms with E-state index in [4.69, 9.17) is 16.3 Å². The van der Waals surface area contributed by atoms with Crippen LogP contribution in [-0.4, -0.2) is 36.1 Å². The smallest absolute Gasteiger partial charge is 0.285 e. The predicted molar refractivity (Wildman–Crippen MR) is 104 cm³/mol. The zero-order valence-corrected chi connectivity index (χ0v) is 16.3. The van der Waals surface area contributed by atoms with E-state index in [1.54, 1.807) is 7.11 Å². The average molecular weight is 379 g/mol. The molecule has 1 heterocycles. The molecule has 0 spiro atoms. The molecule has 2 aromatic rings. The second-order valence-electron chi connectivity index (χ2n) is 5.90. The maximum atomic E-state index is 11.5. The van der Waals surface area contributed by atoms with Gasteiger partial charge in [-0.25, -0.2) is 5.10 Å². The summed E-state index contributed by atoms with van der Waals surface area (Å²) in [6, 6.07) is 5.99. The molecule has 2 rings (SSSR count). The van der Waals surface area contributed by atoms with Gasteiger partial charge in [0.25, 0.3) is 5.56 Å². The molecule has 0 aliphatic heterocycles. The van der Waals surface area contributed by atoms with E-state index in [9.17, 15) is 4.79 Å². The van der Waals surface area contributed by atoms with Crippen LogP contribution in [0.15, 0.2) is 34.3 Å². The molecule has 8 heteroatoms. The number of halogens is 1. The average Bonchev–Trinajstić information content (AvgIpc) is 2.66. The molecule has 3 N–H and O–H groups in total. The summed E-state index contributed by atoms with van der Waals surface area (Å²) in [5.41, 5.74) is 5.56. The number of methoxy groups -OCH3 is 1. The Balaban J connectivity index is 2.26. The molecular weight excluding hydrogens is 354 g/mol. The first-order valence-electron chi connectivity index (χ1n) is 8.54. The first kappa shape index (κ1) is 19.9. The fourth-order valence-electron chi connectivity index (χ4n) is 2.58. The van der Waals surface area contributed by atoms with Crippen molar-refractivity contribution < 1.29 is 9.64 Å². The van der Waals surface area contributed by atoms with Gasteiger partial charge in [-0.1, -0.05) is 11.6 Å². The third-order valence-corrected chi connectivity index (χ3v) is 4.65. The number of benzene rings is 1. The summed E-state index contributed by atoms with van der Waals surface area (Å²) in [5.74, 6) is 0.871. The molecule has 0 bridgehead atoms. The number of hydrogen-bond acceptors (Lipinski definition) is 5. The van der Waals surface area contributed by atoms with Gasteiger partial charge >= 0.3 is 0 Å². The predicted octanol–water partition coefficient (Wildman–Crippen LogP) is 1.69. The van der Waals surface area contributed by atoms with Crippen molar-refractivity contribution >= 4 is 23.0 Å². The van der Waals surface area contributed by atoms with Gasteiger partial charge in [0.15, 0.2) is 0 Å². The zero-order chi connectivity index (χ0) is 19.1. The quantitative estimate of drug-likeness (QED) is 0.482.